The molecule has 0 saturated carbocycles. The molecule has 1 aromatic carbocycles. The Morgan fingerprint density at radius 2 is 2.23 bits per heavy atom. The summed E-state index contributed by atoms with van der Waals surface area (Å²) in [6.07, 6.45) is 0. The van der Waals surface area contributed by atoms with Gasteiger partial charge < -0.3 is 5.73 Å². The van der Waals surface area contributed by atoms with Crippen LogP contribution < -0.4 is 5.73 Å². The van der Waals surface area contributed by atoms with Gasteiger partial charge in [-0.15, -0.1) is 0 Å². The van der Waals surface area contributed by atoms with E-state index in [1.807, 2.05) is 38.1 Å². The molecule has 13 heavy (non-hydrogen) atoms. The summed E-state index contributed by atoms with van der Waals surface area (Å²) < 4.78 is 0. The maximum Gasteiger partial charge on any atom is 0.166 e. The molecule has 1 rings (SSSR count). The van der Waals surface area contributed by atoms with Gasteiger partial charge in [0.15, 0.2) is 5.78 Å². The van der Waals surface area contributed by atoms with Gasteiger partial charge in [0, 0.05) is 18.0 Å². The van der Waals surface area contributed by atoms with E-state index < -0.39 is 0 Å². The van der Waals surface area contributed by atoms with Gasteiger partial charge in [-0.3, -0.25) is 4.79 Å². The normalized spacial score (nSPS) is 12.5. The van der Waals surface area contributed by atoms with Crippen LogP contribution in [0.2, 0.25) is 0 Å². The molecule has 0 amide bonds. The number of rotatable bonds is 3. The molecule has 1 unspecified atom stereocenters. The lowest BCUT2D eigenvalue weighted by Crippen LogP contribution is -2.20. The number of carbonyl (C=O) groups is 1. The molecule has 0 radical (unpaired) electrons. The van der Waals surface area contributed by atoms with Crippen LogP contribution in [0.5, 0.6) is 0 Å². The van der Waals surface area contributed by atoms with E-state index in [0.29, 0.717) is 6.54 Å². The molecule has 0 spiro atoms. The molecule has 0 bridgehead atoms. The zero-order valence-corrected chi connectivity index (χ0v) is 8.08. The fourth-order valence-electron chi connectivity index (χ4n) is 1.19. The lowest BCUT2D eigenvalue weighted by Gasteiger charge is -2.07. The zero-order valence-electron chi connectivity index (χ0n) is 8.08. The second-order valence-corrected chi connectivity index (χ2v) is 3.37. The summed E-state index contributed by atoms with van der Waals surface area (Å²) in [6, 6.07) is 7.60. The highest BCUT2D eigenvalue weighted by atomic mass is 16.1. The van der Waals surface area contributed by atoms with Crippen molar-refractivity contribution in [3.63, 3.8) is 0 Å². The summed E-state index contributed by atoms with van der Waals surface area (Å²) in [4.78, 5) is 11.6. The van der Waals surface area contributed by atoms with Gasteiger partial charge in [-0.25, -0.2) is 0 Å². The average Bonchev–Trinajstić information content (AvgIpc) is 2.15. The van der Waals surface area contributed by atoms with Crippen molar-refractivity contribution < 1.29 is 4.79 Å². The van der Waals surface area contributed by atoms with Crippen LogP contribution >= 0.6 is 0 Å². The molecule has 2 nitrogen and oxygen atoms in total. The van der Waals surface area contributed by atoms with E-state index in [-0.39, 0.29) is 11.7 Å². The second kappa shape index (κ2) is 4.19. The van der Waals surface area contributed by atoms with E-state index in [1.165, 1.54) is 0 Å². The Hall–Kier alpha value is -1.15. The lowest BCUT2D eigenvalue weighted by atomic mass is 9.98. The van der Waals surface area contributed by atoms with Crippen molar-refractivity contribution in [2.75, 3.05) is 6.54 Å². The Kier molecular flexibility index (Phi) is 3.20. The van der Waals surface area contributed by atoms with Crippen molar-refractivity contribution in [2.45, 2.75) is 13.8 Å². The fourth-order valence-corrected chi connectivity index (χ4v) is 1.19. The molecule has 0 aromatic heterocycles. The quantitative estimate of drug-likeness (QED) is 0.715. The SMILES string of the molecule is Cc1cccc(C(=O)C(C)CN)c1. The van der Waals surface area contributed by atoms with Gasteiger partial charge in [0.25, 0.3) is 0 Å². The summed E-state index contributed by atoms with van der Waals surface area (Å²) in [7, 11) is 0. The Morgan fingerprint density at radius 1 is 1.54 bits per heavy atom. The van der Waals surface area contributed by atoms with Crippen LogP contribution in [0.4, 0.5) is 0 Å². The van der Waals surface area contributed by atoms with E-state index in [9.17, 15) is 4.79 Å². The Morgan fingerprint density at radius 3 is 2.77 bits per heavy atom. The molecule has 70 valence electrons. The van der Waals surface area contributed by atoms with Gasteiger partial charge in [0.2, 0.25) is 0 Å². The van der Waals surface area contributed by atoms with Crippen molar-refractivity contribution in [3.05, 3.63) is 35.4 Å². The van der Waals surface area contributed by atoms with Crippen LogP contribution in [0.1, 0.15) is 22.8 Å². The number of hydrogen-bond donors (Lipinski definition) is 1. The van der Waals surface area contributed by atoms with Gasteiger partial charge in [0.1, 0.15) is 0 Å². The molecular formula is C11H15NO. The minimum absolute atomic E-state index is 0.0817. The second-order valence-electron chi connectivity index (χ2n) is 3.37. The fraction of sp³-hybridized carbons (Fsp3) is 0.364. The largest absolute Gasteiger partial charge is 0.330 e. The van der Waals surface area contributed by atoms with Crippen LogP contribution in [-0.2, 0) is 0 Å². The standard InChI is InChI=1S/C11H15NO/c1-8-4-3-5-10(6-8)11(13)9(2)7-12/h3-6,9H,7,12H2,1-2H3. The third-order valence-electron chi connectivity index (χ3n) is 2.10. The van der Waals surface area contributed by atoms with Gasteiger partial charge in [-0.1, -0.05) is 30.7 Å². The predicted octanol–water partition coefficient (Wildman–Crippen LogP) is 1.77. The van der Waals surface area contributed by atoms with E-state index in [1.54, 1.807) is 0 Å². The van der Waals surface area contributed by atoms with E-state index in [2.05, 4.69) is 0 Å². The van der Waals surface area contributed by atoms with Crippen molar-refractivity contribution in [1.82, 2.24) is 0 Å². The minimum Gasteiger partial charge on any atom is -0.330 e. The van der Waals surface area contributed by atoms with Crippen molar-refractivity contribution in [2.24, 2.45) is 11.7 Å². The number of aryl methyl sites for hydroxylation is 1. The number of hydrogen-bond acceptors (Lipinski definition) is 2. The molecular weight excluding hydrogens is 162 g/mol. The molecule has 1 atom stereocenters. The van der Waals surface area contributed by atoms with Crippen LogP contribution in [0.25, 0.3) is 0 Å². The number of benzene rings is 1. The first-order valence-electron chi connectivity index (χ1n) is 4.46. The first-order valence-corrected chi connectivity index (χ1v) is 4.46. The van der Waals surface area contributed by atoms with E-state index >= 15 is 0 Å². The number of Topliss-reactive ketones (excluding diaryl/α,β-unsaturated/α-hetero) is 1. The van der Waals surface area contributed by atoms with Gasteiger partial charge in [-0.2, -0.15) is 0 Å². The van der Waals surface area contributed by atoms with E-state index in [0.717, 1.165) is 11.1 Å². The van der Waals surface area contributed by atoms with Gasteiger partial charge in [0.05, 0.1) is 0 Å². The topological polar surface area (TPSA) is 43.1 Å². The first kappa shape index (κ1) is 9.93. The number of nitrogens with two attached hydrogens (primary N) is 1. The molecule has 0 fully saturated rings. The third kappa shape index (κ3) is 2.39. The van der Waals surface area contributed by atoms with Crippen molar-refractivity contribution >= 4 is 5.78 Å². The Labute approximate surface area is 78.8 Å². The maximum absolute atomic E-state index is 11.6. The predicted molar refractivity (Wildman–Crippen MR) is 53.7 cm³/mol. The molecule has 0 aliphatic rings. The summed E-state index contributed by atoms with van der Waals surface area (Å²) >= 11 is 0. The third-order valence-corrected chi connectivity index (χ3v) is 2.10. The number of ketones is 1. The summed E-state index contributed by atoms with van der Waals surface area (Å²) in [5.41, 5.74) is 7.30. The monoisotopic (exact) mass is 177 g/mol. The highest BCUT2D eigenvalue weighted by Crippen LogP contribution is 2.09. The van der Waals surface area contributed by atoms with Gasteiger partial charge in [-0.05, 0) is 13.0 Å². The Bertz CT molecular complexity index is 307. The Balaban J connectivity index is 2.89. The first-order chi connectivity index (χ1) is 6.15. The van der Waals surface area contributed by atoms with E-state index in [4.69, 9.17) is 5.73 Å². The van der Waals surface area contributed by atoms with Crippen molar-refractivity contribution in [3.8, 4) is 0 Å². The molecule has 1 aromatic rings. The number of carbonyl (C=O) groups excluding carboxylic acids is 1. The molecule has 0 heterocycles. The molecule has 0 aliphatic carbocycles. The lowest BCUT2D eigenvalue weighted by molar-refractivity contribution is 0.0934. The van der Waals surface area contributed by atoms with Crippen LogP contribution in [0, 0.1) is 12.8 Å². The molecule has 0 saturated heterocycles. The molecule has 2 heteroatoms. The molecule has 2 N–H and O–H groups in total. The summed E-state index contributed by atoms with van der Waals surface area (Å²) in [5, 5.41) is 0. The van der Waals surface area contributed by atoms with Crippen LogP contribution in [0.15, 0.2) is 24.3 Å². The maximum atomic E-state index is 11.6. The minimum atomic E-state index is -0.0817. The highest BCUT2D eigenvalue weighted by molar-refractivity contribution is 5.97. The smallest absolute Gasteiger partial charge is 0.166 e. The van der Waals surface area contributed by atoms with Gasteiger partial charge >= 0.3 is 0 Å². The molecule has 0 aliphatic heterocycles. The van der Waals surface area contributed by atoms with Crippen LogP contribution in [-0.4, -0.2) is 12.3 Å². The summed E-state index contributed by atoms with van der Waals surface area (Å²) in [6.45, 7) is 4.24. The van der Waals surface area contributed by atoms with Crippen molar-refractivity contribution in [1.29, 1.82) is 0 Å². The average molecular weight is 177 g/mol. The summed E-state index contributed by atoms with van der Waals surface area (Å²) in [5.74, 6) is 0.0491. The highest BCUT2D eigenvalue weighted by Gasteiger charge is 2.12. The van der Waals surface area contributed by atoms with Crippen LogP contribution in [0.3, 0.4) is 0 Å². The zero-order chi connectivity index (χ0) is 9.84.